The number of hydrogen-bond donors (Lipinski definition) is 2. The average Bonchev–Trinajstić information content (AvgIpc) is 2.63. The van der Waals surface area contributed by atoms with Gasteiger partial charge in [-0.15, -0.1) is 0 Å². The van der Waals surface area contributed by atoms with Crippen LogP contribution in [0.4, 0.5) is 17.1 Å². The lowest BCUT2D eigenvalue weighted by molar-refractivity contribution is -0.393. The zero-order chi connectivity index (χ0) is 20.3. The zero-order valence-electron chi connectivity index (χ0n) is 15.8. The van der Waals surface area contributed by atoms with E-state index in [1.54, 1.807) is 0 Å². The fourth-order valence-corrected chi connectivity index (χ4v) is 6.29. The van der Waals surface area contributed by atoms with Gasteiger partial charge in [-0.05, 0) is 51.4 Å². The Morgan fingerprint density at radius 3 is 2.22 bits per heavy atom. The van der Waals surface area contributed by atoms with E-state index in [1.807, 2.05) is 13.8 Å². The van der Waals surface area contributed by atoms with Gasteiger partial charge in [0, 0.05) is 25.8 Å². The second kappa shape index (κ2) is 11.6. The molecule has 0 fully saturated rings. The Hall–Kier alpha value is -2.08. The number of nitro groups is 2. The van der Waals surface area contributed by atoms with Gasteiger partial charge < -0.3 is 19.9 Å². The molecule has 0 heterocycles. The summed E-state index contributed by atoms with van der Waals surface area (Å²) in [6.07, 6.45) is 1.53. The predicted octanol–water partition coefficient (Wildman–Crippen LogP) is 3.17. The van der Waals surface area contributed by atoms with Crippen LogP contribution in [0.2, 0.25) is 12.1 Å². The van der Waals surface area contributed by atoms with Crippen LogP contribution in [0, 0.1) is 20.2 Å². The topological polar surface area (TPSA) is 143 Å². The number of rotatable bonds is 14. The maximum Gasteiger partial charge on any atom is 0.338 e. The molecular weight excluding hydrogens is 372 g/mol. The van der Waals surface area contributed by atoms with Gasteiger partial charge in [-0.2, -0.15) is 0 Å². The van der Waals surface area contributed by atoms with E-state index in [0.29, 0.717) is 32.7 Å². The lowest BCUT2D eigenvalue weighted by Crippen LogP contribution is -2.43. The van der Waals surface area contributed by atoms with E-state index >= 15 is 0 Å². The van der Waals surface area contributed by atoms with Crippen molar-refractivity contribution in [3.05, 3.63) is 38.4 Å². The number of anilines is 1. The fourth-order valence-electron chi connectivity index (χ4n) is 2.87. The van der Waals surface area contributed by atoms with Crippen LogP contribution in [0.25, 0.3) is 0 Å². The monoisotopic (exact) mass is 400 g/mol. The Kier molecular flexibility index (Phi) is 9.86. The Labute approximate surface area is 159 Å². The van der Waals surface area contributed by atoms with Crippen molar-refractivity contribution in [2.24, 2.45) is 5.73 Å². The highest BCUT2D eigenvalue weighted by Gasteiger charge is 2.35. The minimum Gasteiger partial charge on any atom is -0.394 e. The van der Waals surface area contributed by atoms with E-state index in [9.17, 15) is 20.2 Å². The number of nitro benzene ring substituents is 2. The average molecular weight is 401 g/mol. The van der Waals surface area contributed by atoms with Gasteiger partial charge in [-0.3, -0.25) is 20.2 Å². The summed E-state index contributed by atoms with van der Waals surface area (Å²) in [5.41, 5.74) is 5.26. The quantitative estimate of drug-likeness (QED) is 0.210. The van der Waals surface area contributed by atoms with Crippen molar-refractivity contribution in [3.8, 4) is 0 Å². The molecule has 0 aliphatic heterocycles. The third-order valence-corrected chi connectivity index (χ3v) is 7.88. The second-order valence-electron chi connectivity index (χ2n) is 5.91. The van der Waals surface area contributed by atoms with Crippen LogP contribution in [0.1, 0.15) is 26.7 Å². The SMILES string of the molecule is CCO[Si](CCCN)(CCCNc1ccc([N+](=O)[O-])cc1[N+](=O)[O-])OCC. The summed E-state index contributed by atoms with van der Waals surface area (Å²) in [6, 6.07) is 5.12. The summed E-state index contributed by atoms with van der Waals surface area (Å²) < 4.78 is 12.0. The summed E-state index contributed by atoms with van der Waals surface area (Å²) in [5, 5.41) is 25.0. The van der Waals surface area contributed by atoms with Crippen LogP contribution in [-0.4, -0.2) is 44.7 Å². The van der Waals surface area contributed by atoms with Gasteiger partial charge >= 0.3 is 8.56 Å². The molecule has 0 saturated heterocycles. The van der Waals surface area contributed by atoms with E-state index in [0.717, 1.165) is 24.6 Å². The number of benzene rings is 1. The molecule has 0 aromatic heterocycles. The smallest absolute Gasteiger partial charge is 0.338 e. The number of nitrogens with two attached hydrogens (primary N) is 1. The molecule has 0 aliphatic carbocycles. The first-order valence-electron chi connectivity index (χ1n) is 9.03. The van der Waals surface area contributed by atoms with E-state index < -0.39 is 18.4 Å². The summed E-state index contributed by atoms with van der Waals surface area (Å²) >= 11 is 0. The normalized spacial score (nSPS) is 11.4. The Morgan fingerprint density at radius 2 is 1.70 bits per heavy atom. The Morgan fingerprint density at radius 1 is 1.07 bits per heavy atom. The Bertz CT molecular complexity index is 625. The minimum atomic E-state index is -2.36. The lowest BCUT2D eigenvalue weighted by atomic mass is 10.2. The molecule has 27 heavy (non-hydrogen) atoms. The molecule has 11 heteroatoms. The molecule has 0 bridgehead atoms. The fraction of sp³-hybridized carbons (Fsp3) is 0.625. The van der Waals surface area contributed by atoms with E-state index in [-0.39, 0.29) is 17.1 Å². The summed E-state index contributed by atoms with van der Waals surface area (Å²) in [7, 11) is -2.36. The number of non-ortho nitro benzene ring substituents is 1. The standard InChI is InChI=1S/C16H28N4O6Si/c1-3-25-27(26-4-2,11-5-9-17)12-6-10-18-15-8-7-14(19(21)22)13-16(15)20(23)24/h7-8,13,18H,3-6,9-12,17H2,1-2H3. The summed E-state index contributed by atoms with van der Waals surface area (Å²) in [6.45, 7) is 6.04. The summed E-state index contributed by atoms with van der Waals surface area (Å²) in [4.78, 5) is 20.7. The first kappa shape index (κ1) is 23.0. The largest absolute Gasteiger partial charge is 0.394 e. The molecule has 0 unspecified atom stereocenters. The van der Waals surface area contributed by atoms with Gasteiger partial charge in [0.1, 0.15) is 5.69 Å². The van der Waals surface area contributed by atoms with Gasteiger partial charge in [0.05, 0.1) is 15.9 Å². The molecule has 10 nitrogen and oxygen atoms in total. The van der Waals surface area contributed by atoms with Gasteiger partial charge in [0.15, 0.2) is 0 Å². The highest BCUT2D eigenvalue weighted by Crippen LogP contribution is 2.29. The maximum absolute atomic E-state index is 11.2. The van der Waals surface area contributed by atoms with Crippen molar-refractivity contribution < 1.29 is 18.7 Å². The molecule has 3 N–H and O–H groups in total. The molecule has 1 rings (SSSR count). The Balaban J connectivity index is 2.74. The number of nitrogens with zero attached hydrogens (tertiary/aromatic N) is 2. The molecule has 0 atom stereocenters. The zero-order valence-corrected chi connectivity index (χ0v) is 16.8. The number of hydrogen-bond acceptors (Lipinski definition) is 8. The van der Waals surface area contributed by atoms with Gasteiger partial charge in [-0.1, -0.05) is 0 Å². The predicted molar refractivity (Wildman–Crippen MR) is 105 cm³/mol. The van der Waals surface area contributed by atoms with Crippen LogP contribution < -0.4 is 11.1 Å². The lowest BCUT2D eigenvalue weighted by Gasteiger charge is -2.30. The van der Waals surface area contributed by atoms with Gasteiger partial charge in [0.2, 0.25) is 0 Å². The third kappa shape index (κ3) is 7.21. The van der Waals surface area contributed by atoms with E-state index in [1.165, 1.54) is 12.1 Å². The van der Waals surface area contributed by atoms with Crippen LogP contribution >= 0.6 is 0 Å². The highest BCUT2D eigenvalue weighted by molar-refractivity contribution is 6.67. The van der Waals surface area contributed by atoms with Crippen LogP contribution in [0.5, 0.6) is 0 Å². The molecule has 0 radical (unpaired) electrons. The van der Waals surface area contributed by atoms with Crippen molar-refractivity contribution in [3.63, 3.8) is 0 Å². The van der Waals surface area contributed by atoms with E-state index in [4.69, 9.17) is 14.6 Å². The highest BCUT2D eigenvalue weighted by atomic mass is 28.4. The van der Waals surface area contributed by atoms with Crippen molar-refractivity contribution in [1.29, 1.82) is 0 Å². The molecule has 0 aliphatic rings. The van der Waals surface area contributed by atoms with Crippen LogP contribution in [-0.2, 0) is 8.85 Å². The minimum absolute atomic E-state index is 0.257. The molecule has 0 spiro atoms. The first-order valence-corrected chi connectivity index (χ1v) is 11.3. The second-order valence-corrected chi connectivity index (χ2v) is 9.31. The maximum atomic E-state index is 11.2. The van der Waals surface area contributed by atoms with Gasteiger partial charge in [-0.25, -0.2) is 0 Å². The first-order chi connectivity index (χ1) is 12.9. The van der Waals surface area contributed by atoms with Crippen molar-refractivity contribution in [2.45, 2.75) is 38.8 Å². The van der Waals surface area contributed by atoms with Crippen molar-refractivity contribution in [2.75, 3.05) is 31.6 Å². The molecular formula is C16H28N4O6Si. The van der Waals surface area contributed by atoms with Crippen molar-refractivity contribution in [1.82, 2.24) is 0 Å². The molecule has 1 aromatic carbocycles. The van der Waals surface area contributed by atoms with Gasteiger partial charge in [0.25, 0.3) is 11.4 Å². The molecule has 1 aromatic rings. The summed E-state index contributed by atoms with van der Waals surface area (Å²) in [5.74, 6) is 0. The number of nitrogens with one attached hydrogen (secondary N) is 1. The van der Waals surface area contributed by atoms with Crippen LogP contribution in [0.15, 0.2) is 18.2 Å². The van der Waals surface area contributed by atoms with Crippen LogP contribution in [0.3, 0.4) is 0 Å². The molecule has 0 amide bonds. The third-order valence-electron chi connectivity index (χ3n) is 4.02. The molecule has 0 saturated carbocycles. The van der Waals surface area contributed by atoms with Crippen molar-refractivity contribution >= 4 is 25.6 Å². The molecule has 152 valence electrons. The van der Waals surface area contributed by atoms with E-state index in [2.05, 4.69) is 5.32 Å².